The molecule has 9 heteroatoms. The van der Waals surface area contributed by atoms with Crippen molar-refractivity contribution in [1.29, 1.82) is 0 Å². The van der Waals surface area contributed by atoms with Gasteiger partial charge in [-0.25, -0.2) is 9.48 Å². The molecule has 0 saturated carbocycles. The van der Waals surface area contributed by atoms with Crippen LogP contribution in [0.15, 0.2) is 37.9 Å². The average Bonchev–Trinajstić information content (AvgIpc) is 3.06. The lowest BCUT2D eigenvalue weighted by atomic mass is 10.5. The van der Waals surface area contributed by atoms with Crippen LogP contribution in [0.4, 0.5) is 0 Å². The highest BCUT2D eigenvalue weighted by Gasteiger charge is 2.08. The molecule has 110 valence electrons. The third-order valence-corrected chi connectivity index (χ3v) is 5.73. The summed E-state index contributed by atoms with van der Waals surface area (Å²) in [7, 11) is 0. The summed E-state index contributed by atoms with van der Waals surface area (Å²) in [4.78, 5) is 12.1. The van der Waals surface area contributed by atoms with Crippen LogP contribution in [-0.4, -0.2) is 35.9 Å². The van der Waals surface area contributed by atoms with Crippen molar-refractivity contribution in [3.05, 3.63) is 34.9 Å². The molecule has 3 heterocycles. The van der Waals surface area contributed by atoms with Crippen LogP contribution in [-0.2, 0) is 6.54 Å². The first-order valence-corrected chi connectivity index (χ1v) is 9.20. The van der Waals surface area contributed by atoms with E-state index in [4.69, 9.17) is 0 Å². The first-order chi connectivity index (χ1) is 10.3. The minimum Gasteiger partial charge on any atom is -0.250 e. The van der Waals surface area contributed by atoms with Gasteiger partial charge >= 0.3 is 5.69 Å². The number of nitrogens with zero attached hydrogens (tertiary/aromatic N) is 5. The van der Waals surface area contributed by atoms with Crippen LogP contribution in [0.2, 0.25) is 0 Å². The van der Waals surface area contributed by atoms with E-state index in [9.17, 15) is 4.79 Å². The summed E-state index contributed by atoms with van der Waals surface area (Å²) in [6.07, 6.45) is 1.73. The third kappa shape index (κ3) is 3.30. The molecule has 0 amide bonds. The van der Waals surface area contributed by atoms with E-state index in [1.54, 1.807) is 45.5 Å². The van der Waals surface area contributed by atoms with E-state index in [-0.39, 0.29) is 5.69 Å². The Bertz CT molecular complexity index is 793. The van der Waals surface area contributed by atoms with Gasteiger partial charge in [-0.3, -0.25) is 4.40 Å². The number of hydrogen-bond donors (Lipinski definition) is 0. The monoisotopic (exact) mass is 339 g/mol. The van der Waals surface area contributed by atoms with E-state index in [2.05, 4.69) is 22.2 Å². The second-order valence-corrected chi connectivity index (χ2v) is 7.88. The number of aromatic nitrogens is 5. The molecule has 0 radical (unpaired) electrons. The van der Waals surface area contributed by atoms with Crippen LogP contribution in [0.25, 0.3) is 5.65 Å². The van der Waals surface area contributed by atoms with Gasteiger partial charge in [0.15, 0.2) is 14.3 Å². The van der Waals surface area contributed by atoms with Gasteiger partial charge in [-0.15, -0.1) is 15.3 Å². The van der Waals surface area contributed by atoms with Gasteiger partial charge in [0.2, 0.25) is 0 Å². The predicted molar refractivity (Wildman–Crippen MR) is 86.5 cm³/mol. The Labute approximate surface area is 133 Å². The smallest absolute Gasteiger partial charge is 0.250 e. The van der Waals surface area contributed by atoms with Gasteiger partial charge in [0, 0.05) is 11.9 Å². The molecule has 0 unspecified atom stereocenters. The Morgan fingerprint density at radius 2 is 2.05 bits per heavy atom. The fraction of sp³-hybridized carbons (Fsp3) is 0.333. The quantitative estimate of drug-likeness (QED) is 0.642. The van der Waals surface area contributed by atoms with Gasteiger partial charge in [-0.2, -0.15) is 0 Å². The summed E-state index contributed by atoms with van der Waals surface area (Å²) in [6.45, 7) is 2.65. The Hall–Kier alpha value is -1.32. The van der Waals surface area contributed by atoms with Crippen LogP contribution < -0.4 is 5.69 Å². The number of thioether (sulfide) groups is 2. The zero-order valence-corrected chi connectivity index (χ0v) is 13.7. The zero-order chi connectivity index (χ0) is 14.7. The summed E-state index contributed by atoms with van der Waals surface area (Å²) in [6, 6.07) is 5.52. The predicted octanol–water partition coefficient (Wildman–Crippen LogP) is 2.25. The minimum absolute atomic E-state index is 0.106. The first kappa shape index (κ1) is 14.6. The normalized spacial score (nSPS) is 11.3. The second-order valence-electron chi connectivity index (χ2n) is 4.05. The standard InChI is InChI=1S/C12H13N5OS3/c1-2-19-10-13-14-11(21-10)20-8-7-17-12(18)16-6-4-3-5-9(16)15-17/h3-6H,2,7-8H2,1H3. The molecule has 0 saturated heterocycles. The number of pyridine rings is 1. The second kappa shape index (κ2) is 6.63. The van der Waals surface area contributed by atoms with Gasteiger partial charge in [0.05, 0.1) is 6.54 Å². The fourth-order valence-electron chi connectivity index (χ4n) is 1.77. The number of fused-ring (bicyclic) bond motifs is 1. The first-order valence-electron chi connectivity index (χ1n) is 6.41. The maximum absolute atomic E-state index is 12.1. The van der Waals surface area contributed by atoms with Gasteiger partial charge in [-0.1, -0.05) is 47.9 Å². The van der Waals surface area contributed by atoms with Crippen LogP contribution in [0.1, 0.15) is 6.92 Å². The van der Waals surface area contributed by atoms with Gasteiger partial charge in [0.25, 0.3) is 0 Å². The molecule has 0 N–H and O–H groups in total. The Balaban J connectivity index is 1.63. The minimum atomic E-state index is -0.106. The van der Waals surface area contributed by atoms with Crippen LogP contribution in [0, 0.1) is 0 Å². The number of rotatable bonds is 6. The van der Waals surface area contributed by atoms with Crippen molar-refractivity contribution in [1.82, 2.24) is 24.4 Å². The molecule has 0 atom stereocenters. The fourth-order valence-corrected chi connectivity index (χ4v) is 4.67. The molecule has 21 heavy (non-hydrogen) atoms. The topological polar surface area (TPSA) is 65.1 Å². The highest BCUT2D eigenvalue weighted by atomic mass is 32.2. The van der Waals surface area contributed by atoms with Crippen molar-refractivity contribution >= 4 is 40.5 Å². The largest absolute Gasteiger partial charge is 0.350 e. The van der Waals surface area contributed by atoms with Crippen molar-refractivity contribution < 1.29 is 0 Å². The third-order valence-electron chi connectivity index (χ3n) is 2.67. The van der Waals surface area contributed by atoms with Gasteiger partial charge in [0.1, 0.15) is 0 Å². The van der Waals surface area contributed by atoms with Crippen molar-refractivity contribution in [3.8, 4) is 0 Å². The molecule has 0 spiro atoms. The molecule has 3 rings (SSSR count). The van der Waals surface area contributed by atoms with E-state index in [0.717, 1.165) is 20.2 Å². The lowest BCUT2D eigenvalue weighted by Gasteiger charge is -1.96. The molecule has 3 aromatic rings. The summed E-state index contributed by atoms with van der Waals surface area (Å²) in [5.41, 5.74) is 0.565. The molecule has 3 aromatic heterocycles. The molecule has 6 nitrogen and oxygen atoms in total. The number of hydrogen-bond acceptors (Lipinski definition) is 7. The summed E-state index contributed by atoms with van der Waals surface area (Å²) >= 11 is 4.89. The SMILES string of the molecule is CCSc1nnc(SCCn2nc3ccccn3c2=O)s1. The van der Waals surface area contributed by atoms with Crippen molar-refractivity contribution in [3.63, 3.8) is 0 Å². The molecular formula is C12H13N5OS3. The summed E-state index contributed by atoms with van der Waals surface area (Å²) in [5.74, 6) is 1.74. The van der Waals surface area contributed by atoms with E-state index in [1.165, 1.54) is 4.68 Å². The zero-order valence-electron chi connectivity index (χ0n) is 11.3. The van der Waals surface area contributed by atoms with E-state index >= 15 is 0 Å². The molecule has 0 aliphatic rings. The lowest BCUT2D eigenvalue weighted by Crippen LogP contribution is -2.21. The van der Waals surface area contributed by atoms with Crippen LogP contribution in [0.3, 0.4) is 0 Å². The molecule has 0 aromatic carbocycles. The molecule has 0 aliphatic carbocycles. The van der Waals surface area contributed by atoms with E-state index in [0.29, 0.717) is 12.2 Å². The maximum atomic E-state index is 12.1. The summed E-state index contributed by atoms with van der Waals surface area (Å²) < 4.78 is 4.96. The van der Waals surface area contributed by atoms with Gasteiger partial charge < -0.3 is 0 Å². The molecule has 0 fully saturated rings. The summed E-state index contributed by atoms with van der Waals surface area (Å²) in [5, 5.41) is 12.5. The van der Waals surface area contributed by atoms with Crippen LogP contribution >= 0.6 is 34.9 Å². The lowest BCUT2D eigenvalue weighted by molar-refractivity contribution is 0.639. The van der Waals surface area contributed by atoms with Gasteiger partial charge in [-0.05, 0) is 17.9 Å². The van der Waals surface area contributed by atoms with E-state index < -0.39 is 0 Å². The molecular weight excluding hydrogens is 326 g/mol. The highest BCUT2D eigenvalue weighted by Crippen LogP contribution is 2.28. The van der Waals surface area contributed by atoms with Crippen LogP contribution in [0.5, 0.6) is 0 Å². The molecule has 0 aliphatic heterocycles. The maximum Gasteiger partial charge on any atom is 0.350 e. The Morgan fingerprint density at radius 1 is 1.24 bits per heavy atom. The Morgan fingerprint density at radius 3 is 2.81 bits per heavy atom. The van der Waals surface area contributed by atoms with Crippen molar-refractivity contribution in [2.45, 2.75) is 22.1 Å². The van der Waals surface area contributed by atoms with Crippen molar-refractivity contribution in [2.24, 2.45) is 0 Å². The van der Waals surface area contributed by atoms with E-state index in [1.807, 2.05) is 18.2 Å². The van der Waals surface area contributed by atoms with Crippen molar-refractivity contribution in [2.75, 3.05) is 11.5 Å². The Kier molecular flexibility index (Phi) is 4.61. The average molecular weight is 339 g/mol. The highest BCUT2D eigenvalue weighted by molar-refractivity contribution is 8.03. The molecule has 0 bridgehead atoms. The number of aryl methyl sites for hydroxylation is 1.